The third-order valence-electron chi connectivity index (χ3n) is 24.9. The Morgan fingerprint density at radius 2 is 0.993 bits per heavy atom. The Kier molecular flexibility index (Phi) is 38.8. The first-order valence-electron chi connectivity index (χ1n) is 46.3. The van der Waals surface area contributed by atoms with E-state index in [9.17, 15) is 67.3 Å². The highest BCUT2D eigenvalue weighted by molar-refractivity contribution is 6.03. The predicted molar refractivity (Wildman–Crippen MR) is 492 cm³/mol. The zero-order valence-electron chi connectivity index (χ0n) is 78.0. The number of para-hydroxylation sites is 2. The van der Waals surface area contributed by atoms with Crippen molar-refractivity contribution in [3.63, 3.8) is 0 Å². The molecule has 0 saturated carbocycles. The molecule has 21 N–H and O–H groups in total. The molecule has 4 aliphatic heterocycles. The first kappa shape index (κ1) is 106. The Labute approximate surface area is 786 Å². The molecule has 5 aromatic rings. The van der Waals surface area contributed by atoms with Crippen LogP contribution in [0.1, 0.15) is 174 Å². The normalized spacial score (nSPS) is 25.2. The SMILES string of the molecule is CCCC[C@H]1C(=O)N(C)[C@@H](CCCC)C(=O)N[C@@H](CC(C)C)C(=O)N[C@H](C(N)=O)CNCC(=O)N[C@@H](Cc2ccc(F)cc2)C(=O)N2CCCC[C@H]2C(=O)N[C@@H](CC(N)=O)C(=O)N2CCC[C@H]2C(=O)N[C@@H](CCC(N)=O)C(=O)N[C@@H](CC(C)C)C(=O)N2C[C@H](O)C[C@H]2C(=O)N[C@@H](Cc2c[nH]c3ccccc23)C(=O)N[C@@H](CC(N)=O)C(=O)N[C@@H](Cc2cn(CC(=O)O)c3ccccc23)C(=O)N1C. The number of likely N-dealkylation sites (N-methyl/N-ethyl adjacent to an activating group) is 2. The Hall–Kier alpha value is -13.5. The minimum Gasteiger partial charge on any atom is -0.480 e. The molecule has 15 atom stereocenters. The molecule has 4 fully saturated rings. The largest absolute Gasteiger partial charge is 0.480 e. The fourth-order valence-corrected chi connectivity index (χ4v) is 17.9. The summed E-state index contributed by atoms with van der Waals surface area (Å²) >= 11 is 0. The molecule has 0 aliphatic carbocycles. The molecule has 0 unspecified atom stereocenters. The number of carbonyl (C=O) groups is 19. The number of piperidine rings is 1. The van der Waals surface area contributed by atoms with Crippen LogP contribution in [0.4, 0.5) is 4.39 Å². The average Bonchev–Trinajstić information content (AvgIpc) is 1.64. The number of hydrogen-bond donors (Lipinski definition) is 17. The van der Waals surface area contributed by atoms with Crippen LogP contribution >= 0.6 is 0 Å². The van der Waals surface area contributed by atoms with E-state index < -0.39 is 279 Å². The minimum absolute atomic E-state index is 0.00867. The van der Waals surface area contributed by atoms with Crippen LogP contribution in [-0.4, -0.2) is 294 Å². The fourth-order valence-electron chi connectivity index (χ4n) is 17.9. The summed E-state index contributed by atoms with van der Waals surface area (Å²) in [4.78, 5) is 285. The van der Waals surface area contributed by atoms with Gasteiger partial charge in [-0.3, -0.25) is 91.1 Å². The third-order valence-corrected chi connectivity index (χ3v) is 24.9. The number of primary amides is 4. The number of benzene rings is 3. The molecular weight excluding hydrogens is 1770 g/mol. The van der Waals surface area contributed by atoms with Gasteiger partial charge in [0.15, 0.2) is 0 Å². The van der Waals surface area contributed by atoms with Crippen LogP contribution in [0, 0.1) is 17.7 Å². The molecule has 0 spiro atoms. The summed E-state index contributed by atoms with van der Waals surface area (Å²) in [6.07, 6.45) is -0.839. The number of hydrogen-bond acceptors (Lipinski definition) is 21. The first-order chi connectivity index (χ1) is 64.6. The number of nitrogens with one attached hydrogen (secondary N) is 11. The highest BCUT2D eigenvalue weighted by Crippen LogP contribution is 2.30. The summed E-state index contributed by atoms with van der Waals surface area (Å²) < 4.78 is 15.8. The van der Waals surface area contributed by atoms with Gasteiger partial charge in [-0.15, -0.1) is 0 Å². The molecule has 3 aromatic carbocycles. The van der Waals surface area contributed by atoms with Crippen LogP contribution in [0.3, 0.4) is 0 Å². The van der Waals surface area contributed by atoms with Crippen LogP contribution in [0.25, 0.3) is 21.8 Å². The van der Waals surface area contributed by atoms with E-state index in [1.54, 1.807) is 82.4 Å². The van der Waals surface area contributed by atoms with Gasteiger partial charge in [0.1, 0.15) is 96.9 Å². The van der Waals surface area contributed by atoms with Crippen molar-refractivity contribution in [1.82, 2.24) is 87.2 Å². The number of unbranched alkanes of at least 4 members (excludes halogenated alkanes) is 2. The summed E-state index contributed by atoms with van der Waals surface area (Å²) in [6.45, 7) is 8.00. The van der Waals surface area contributed by atoms with E-state index >= 15 is 38.4 Å². The lowest BCUT2D eigenvalue weighted by Gasteiger charge is -2.38. The summed E-state index contributed by atoms with van der Waals surface area (Å²) in [5.74, 6) is -20.5. The Bertz CT molecular complexity index is 5200. The first-order valence-corrected chi connectivity index (χ1v) is 46.3. The number of halogens is 1. The van der Waals surface area contributed by atoms with E-state index in [1.807, 2.05) is 13.8 Å². The molecule has 136 heavy (non-hydrogen) atoms. The van der Waals surface area contributed by atoms with Crippen molar-refractivity contribution in [2.75, 3.05) is 46.8 Å². The molecule has 18 amide bonds. The van der Waals surface area contributed by atoms with Gasteiger partial charge >= 0.3 is 5.97 Å². The number of aliphatic hydroxyl groups excluding tert-OH is 1. The molecule has 42 nitrogen and oxygen atoms in total. The molecule has 740 valence electrons. The topological polar surface area (TPSA) is 626 Å². The fraction of sp³-hybridized carbons (Fsp3) is 0.559. The van der Waals surface area contributed by atoms with Gasteiger partial charge in [-0.1, -0.05) is 116 Å². The van der Waals surface area contributed by atoms with Gasteiger partial charge in [0, 0.05) is 107 Å². The van der Waals surface area contributed by atoms with Gasteiger partial charge in [-0.2, -0.15) is 0 Å². The number of aromatic nitrogens is 2. The lowest BCUT2D eigenvalue weighted by molar-refractivity contribution is -0.149. The van der Waals surface area contributed by atoms with E-state index in [1.165, 1.54) is 41.9 Å². The molecule has 43 heteroatoms. The number of aliphatic carboxylic acids is 1. The number of rotatable bonds is 26. The zero-order valence-corrected chi connectivity index (χ0v) is 78.0. The second-order valence-electron chi connectivity index (χ2n) is 36.4. The van der Waals surface area contributed by atoms with Crippen molar-refractivity contribution in [2.24, 2.45) is 34.8 Å². The number of aliphatic hydroxyl groups is 1. The molecule has 6 heterocycles. The number of carboxylic acids is 1. The molecule has 2 aromatic heterocycles. The Morgan fingerprint density at radius 3 is 1.62 bits per heavy atom. The van der Waals surface area contributed by atoms with E-state index in [-0.39, 0.29) is 83.2 Å². The zero-order chi connectivity index (χ0) is 99.6. The summed E-state index contributed by atoms with van der Waals surface area (Å²) in [5, 5.41) is 49.1. The second kappa shape index (κ2) is 49.7. The predicted octanol–water partition coefficient (Wildman–Crippen LogP) is -1.70. The lowest BCUT2D eigenvalue weighted by Crippen LogP contribution is -2.62. The smallest absolute Gasteiger partial charge is 0.323 e. The Morgan fingerprint density at radius 1 is 0.485 bits per heavy atom. The van der Waals surface area contributed by atoms with E-state index in [0.717, 1.165) is 31.7 Å². The van der Waals surface area contributed by atoms with Crippen molar-refractivity contribution in [3.8, 4) is 0 Å². The summed E-state index contributed by atoms with van der Waals surface area (Å²) in [7, 11) is 2.63. The van der Waals surface area contributed by atoms with Gasteiger partial charge in [0.2, 0.25) is 106 Å². The number of H-pyrrole nitrogens is 1. The van der Waals surface area contributed by atoms with Crippen molar-refractivity contribution < 1.29 is 106 Å². The van der Waals surface area contributed by atoms with E-state index in [0.29, 0.717) is 70.6 Å². The number of nitrogens with two attached hydrogens (primary N) is 4. The van der Waals surface area contributed by atoms with Gasteiger partial charge in [-0.05, 0) is 117 Å². The molecule has 0 radical (unpaired) electrons. The highest BCUT2D eigenvalue weighted by atomic mass is 19.1. The second-order valence-corrected chi connectivity index (χ2v) is 36.4. The maximum atomic E-state index is 15.9. The Balaban J connectivity index is 1.12. The standard InChI is InChI=1S/C93H130FN21O21/c1-9-11-23-70-85(128)104-61(36-50(3)4)82(125)109-68(80(98)123)45-99-46-78(120)101-65(38-52-28-30-55(94)31-29-52)90(133)113-34-18-17-26-71(113)87(130)108-67(43-77(97)119)91(134)114-35-19-27-72(114)86(129)102-60(32-33-75(95)117)81(124)106-64(37-51(5)6)92(135)115-48-56(116)41-74(115)88(131)105-62(39-53-44-100-59-22-15-13-20-57(53)59)83(126)103-63(42-76(96)118)84(127)107-66(89(132)111(8)73(24-12-10-2)93(136)110(70)7)40-54-47-112(49-79(121)122)69-25-16-14-21-58(54)69/h13-16,20-22,25,28-31,44,47,50-51,56,60-68,70-74,99-100,116H,9-12,17-19,23-24,26-27,32-43,45-46,48-49H2,1-8H3,(H2,95,117)(H2,96,118)(H2,97,119)(H2,98,123)(H,101,120)(H,102,129)(H,103,126)(H,104,128)(H,105,131)(H,106,124)(H,107,127)(H,108,130)(H,109,125)(H,121,122)/t56-,60+,61+,62+,63+,64+,65+,66+,67+,68+,70+,71+,72+,73+,74+/m1/s1. The minimum atomic E-state index is -2.00. The number of amides is 18. The summed E-state index contributed by atoms with van der Waals surface area (Å²) in [6, 6.07) is -4.03. The molecular formula is C93H130FN21O21. The average molecular weight is 1900 g/mol. The van der Waals surface area contributed by atoms with Gasteiger partial charge in [0.05, 0.1) is 25.5 Å². The van der Waals surface area contributed by atoms with E-state index in [4.69, 9.17) is 22.9 Å². The van der Waals surface area contributed by atoms with Gasteiger partial charge < -0.3 is 120 Å². The van der Waals surface area contributed by atoms with Crippen LogP contribution in [0.15, 0.2) is 85.2 Å². The molecule has 0 bridgehead atoms. The lowest BCUT2D eigenvalue weighted by atomic mass is 9.97. The van der Waals surface area contributed by atoms with Crippen LogP contribution in [0.5, 0.6) is 0 Å². The summed E-state index contributed by atoms with van der Waals surface area (Å²) in [5.41, 5.74) is 25.2. The van der Waals surface area contributed by atoms with Crippen LogP contribution in [-0.2, 0) is 117 Å². The van der Waals surface area contributed by atoms with Crippen molar-refractivity contribution >= 4 is 134 Å². The number of nitrogens with zero attached hydrogens (tertiary/aromatic N) is 6. The van der Waals surface area contributed by atoms with Crippen LogP contribution in [0.2, 0.25) is 0 Å². The molecule has 4 aliphatic rings. The van der Waals surface area contributed by atoms with Crippen molar-refractivity contribution in [1.29, 1.82) is 0 Å². The number of fused-ring (bicyclic) bond motifs is 5. The molecule has 9 rings (SSSR count). The number of carboxylic acid groups (broad SMARTS) is 1. The monoisotopic (exact) mass is 1900 g/mol. The maximum absolute atomic E-state index is 15.9. The van der Waals surface area contributed by atoms with Gasteiger partial charge in [-0.25, -0.2) is 4.39 Å². The number of carbonyl (C=O) groups excluding carboxylic acids is 18. The van der Waals surface area contributed by atoms with Crippen molar-refractivity contribution in [2.45, 2.75) is 274 Å². The van der Waals surface area contributed by atoms with Crippen LogP contribution < -0.4 is 76.1 Å². The van der Waals surface area contributed by atoms with E-state index in [2.05, 4.69) is 58.2 Å². The highest BCUT2D eigenvalue weighted by Gasteiger charge is 2.48. The quantitative estimate of drug-likeness (QED) is 0.0293. The molecule has 4 saturated heterocycles. The van der Waals surface area contributed by atoms with Gasteiger partial charge in [0.25, 0.3) is 0 Å². The number of aromatic amines is 1. The maximum Gasteiger partial charge on any atom is 0.323 e. The third kappa shape index (κ3) is 29.0. The van der Waals surface area contributed by atoms with Crippen molar-refractivity contribution in [3.05, 3.63) is 108 Å².